The van der Waals surface area contributed by atoms with Crippen LogP contribution < -0.4 is 5.73 Å². The lowest BCUT2D eigenvalue weighted by molar-refractivity contribution is 0.387. The highest BCUT2D eigenvalue weighted by Gasteiger charge is 2.35. The number of halogens is 1. The monoisotopic (exact) mass is 300 g/mol. The van der Waals surface area contributed by atoms with Crippen molar-refractivity contribution in [3.05, 3.63) is 23.5 Å². The molecule has 4 nitrogen and oxygen atoms in total. The molecule has 0 aliphatic carbocycles. The molecule has 0 radical (unpaired) electrons. The highest BCUT2D eigenvalue weighted by molar-refractivity contribution is 7.89. The third-order valence-corrected chi connectivity index (χ3v) is 5.95. The van der Waals surface area contributed by atoms with Gasteiger partial charge in [-0.25, -0.2) is 12.8 Å². The summed E-state index contributed by atoms with van der Waals surface area (Å²) in [4.78, 5) is -0.315. The van der Waals surface area contributed by atoms with Crippen LogP contribution in [-0.4, -0.2) is 25.8 Å². The molecule has 6 heteroatoms. The molecule has 0 saturated carbocycles. The van der Waals surface area contributed by atoms with E-state index in [1.54, 1.807) is 6.92 Å². The zero-order chi connectivity index (χ0) is 15.1. The second-order valence-electron chi connectivity index (χ2n) is 5.80. The van der Waals surface area contributed by atoms with Gasteiger partial charge in [0.1, 0.15) is 10.7 Å². The Morgan fingerprint density at radius 1 is 1.40 bits per heavy atom. The topological polar surface area (TPSA) is 63.4 Å². The molecule has 1 heterocycles. The number of nitrogen functional groups attached to an aromatic ring is 1. The lowest BCUT2D eigenvalue weighted by atomic mass is 9.96. The van der Waals surface area contributed by atoms with Gasteiger partial charge in [-0.05, 0) is 42.9 Å². The number of nitrogens with zero attached hydrogens (tertiary/aromatic N) is 1. The van der Waals surface area contributed by atoms with Gasteiger partial charge in [0.15, 0.2) is 0 Å². The summed E-state index contributed by atoms with van der Waals surface area (Å²) < 4.78 is 40.4. The minimum Gasteiger partial charge on any atom is -0.398 e. The van der Waals surface area contributed by atoms with Crippen LogP contribution in [0.25, 0.3) is 0 Å². The number of anilines is 1. The summed E-state index contributed by atoms with van der Waals surface area (Å²) in [6.07, 6.45) is 0.819. The standard InChI is InChI=1S/C14H21FN2O2S/c1-9(2)11-4-5-17(8-11)20(18,19)14-7-13(16)10(3)6-12(14)15/h6-7,9,11H,4-5,8,16H2,1-3H3. The predicted molar refractivity (Wildman–Crippen MR) is 77.3 cm³/mol. The Labute approximate surface area is 119 Å². The van der Waals surface area contributed by atoms with Crippen LogP contribution in [-0.2, 0) is 10.0 Å². The molecule has 2 rings (SSSR count). The fourth-order valence-corrected chi connectivity index (χ4v) is 4.11. The molecule has 0 bridgehead atoms. The highest BCUT2D eigenvalue weighted by atomic mass is 32.2. The van der Waals surface area contributed by atoms with E-state index in [1.807, 2.05) is 0 Å². The fraction of sp³-hybridized carbons (Fsp3) is 0.571. The van der Waals surface area contributed by atoms with Crippen molar-refractivity contribution in [3.8, 4) is 0 Å². The van der Waals surface area contributed by atoms with Crippen molar-refractivity contribution in [2.45, 2.75) is 32.1 Å². The molecular weight excluding hydrogens is 279 g/mol. The lowest BCUT2D eigenvalue weighted by Crippen LogP contribution is -2.30. The zero-order valence-electron chi connectivity index (χ0n) is 12.1. The number of nitrogens with two attached hydrogens (primary N) is 1. The number of rotatable bonds is 3. The normalized spacial score (nSPS) is 20.8. The summed E-state index contributed by atoms with van der Waals surface area (Å²) in [6.45, 7) is 6.70. The van der Waals surface area contributed by atoms with E-state index in [0.717, 1.165) is 6.42 Å². The largest absolute Gasteiger partial charge is 0.398 e. The lowest BCUT2D eigenvalue weighted by Gasteiger charge is -2.19. The van der Waals surface area contributed by atoms with Gasteiger partial charge in [0.2, 0.25) is 10.0 Å². The van der Waals surface area contributed by atoms with E-state index in [-0.39, 0.29) is 4.90 Å². The van der Waals surface area contributed by atoms with Gasteiger partial charge in [-0.3, -0.25) is 0 Å². The maximum Gasteiger partial charge on any atom is 0.246 e. The van der Waals surface area contributed by atoms with E-state index < -0.39 is 15.8 Å². The summed E-state index contributed by atoms with van der Waals surface area (Å²) in [5.74, 6) is 0.0171. The summed E-state index contributed by atoms with van der Waals surface area (Å²) in [6, 6.07) is 2.40. The maximum absolute atomic E-state index is 14.0. The Hall–Kier alpha value is -1.14. The minimum atomic E-state index is -3.80. The van der Waals surface area contributed by atoms with Crippen LogP contribution in [0.15, 0.2) is 17.0 Å². The van der Waals surface area contributed by atoms with E-state index in [1.165, 1.54) is 16.4 Å². The van der Waals surface area contributed by atoms with Gasteiger partial charge < -0.3 is 5.73 Å². The Kier molecular flexibility index (Phi) is 4.07. The smallest absolute Gasteiger partial charge is 0.246 e. The molecule has 20 heavy (non-hydrogen) atoms. The maximum atomic E-state index is 14.0. The molecule has 1 aromatic rings. The Morgan fingerprint density at radius 2 is 2.05 bits per heavy atom. The molecule has 1 atom stereocenters. The van der Waals surface area contributed by atoms with Crippen LogP contribution in [0.1, 0.15) is 25.8 Å². The molecule has 2 N–H and O–H groups in total. The van der Waals surface area contributed by atoms with Crippen molar-refractivity contribution < 1.29 is 12.8 Å². The molecule has 0 aromatic heterocycles. The van der Waals surface area contributed by atoms with Gasteiger partial charge in [-0.15, -0.1) is 0 Å². The van der Waals surface area contributed by atoms with E-state index in [4.69, 9.17) is 5.73 Å². The zero-order valence-corrected chi connectivity index (χ0v) is 12.9. The van der Waals surface area contributed by atoms with Crippen LogP contribution in [0.2, 0.25) is 0 Å². The Morgan fingerprint density at radius 3 is 2.60 bits per heavy atom. The highest BCUT2D eigenvalue weighted by Crippen LogP contribution is 2.30. The quantitative estimate of drug-likeness (QED) is 0.872. The summed E-state index contributed by atoms with van der Waals surface area (Å²) >= 11 is 0. The van der Waals surface area contributed by atoms with Crippen molar-refractivity contribution in [2.75, 3.05) is 18.8 Å². The summed E-state index contributed by atoms with van der Waals surface area (Å²) in [5, 5.41) is 0. The van der Waals surface area contributed by atoms with Crippen LogP contribution in [0, 0.1) is 24.6 Å². The van der Waals surface area contributed by atoms with Crippen molar-refractivity contribution in [3.63, 3.8) is 0 Å². The molecule has 1 aliphatic rings. The van der Waals surface area contributed by atoms with E-state index in [0.29, 0.717) is 36.2 Å². The third kappa shape index (κ3) is 2.67. The van der Waals surface area contributed by atoms with Crippen LogP contribution in [0.5, 0.6) is 0 Å². The van der Waals surface area contributed by atoms with Crippen molar-refractivity contribution in [2.24, 2.45) is 11.8 Å². The number of hydrogen-bond donors (Lipinski definition) is 1. The van der Waals surface area contributed by atoms with Gasteiger partial charge in [0, 0.05) is 18.8 Å². The van der Waals surface area contributed by atoms with Gasteiger partial charge in [-0.1, -0.05) is 13.8 Å². The van der Waals surface area contributed by atoms with Crippen molar-refractivity contribution >= 4 is 15.7 Å². The first kappa shape index (κ1) is 15.3. The van der Waals surface area contributed by atoms with Crippen LogP contribution in [0.4, 0.5) is 10.1 Å². The molecule has 1 aromatic carbocycles. The fourth-order valence-electron chi connectivity index (χ4n) is 2.52. The van der Waals surface area contributed by atoms with E-state index >= 15 is 0 Å². The number of benzene rings is 1. The molecule has 1 saturated heterocycles. The first-order valence-corrected chi connectivity index (χ1v) is 8.23. The Balaban J connectivity index is 2.35. The van der Waals surface area contributed by atoms with Gasteiger partial charge >= 0.3 is 0 Å². The SMILES string of the molecule is Cc1cc(F)c(S(=O)(=O)N2CCC(C(C)C)C2)cc1N. The molecule has 1 aliphatic heterocycles. The average Bonchev–Trinajstić information content (AvgIpc) is 2.83. The minimum absolute atomic E-state index is 0.296. The molecule has 0 amide bonds. The predicted octanol–water partition coefficient (Wildman–Crippen LogP) is 2.38. The Bertz CT molecular complexity index is 614. The third-order valence-electron chi connectivity index (χ3n) is 4.07. The van der Waals surface area contributed by atoms with E-state index in [9.17, 15) is 12.8 Å². The number of aryl methyl sites for hydroxylation is 1. The summed E-state index contributed by atoms with van der Waals surface area (Å²) in [5.41, 5.74) is 6.55. The van der Waals surface area contributed by atoms with Crippen LogP contribution >= 0.6 is 0 Å². The van der Waals surface area contributed by atoms with Crippen molar-refractivity contribution in [1.29, 1.82) is 0 Å². The molecular formula is C14H21FN2O2S. The first-order chi connectivity index (χ1) is 9.23. The molecule has 112 valence electrons. The second kappa shape index (κ2) is 5.33. The molecule has 0 spiro atoms. The molecule has 1 unspecified atom stereocenters. The number of hydrogen-bond acceptors (Lipinski definition) is 3. The van der Waals surface area contributed by atoms with Crippen molar-refractivity contribution in [1.82, 2.24) is 4.31 Å². The van der Waals surface area contributed by atoms with E-state index in [2.05, 4.69) is 13.8 Å². The van der Waals surface area contributed by atoms with Gasteiger partial charge in [-0.2, -0.15) is 4.31 Å². The summed E-state index contributed by atoms with van der Waals surface area (Å²) in [7, 11) is -3.80. The number of sulfonamides is 1. The first-order valence-electron chi connectivity index (χ1n) is 6.79. The average molecular weight is 300 g/mol. The molecule has 1 fully saturated rings. The second-order valence-corrected chi connectivity index (χ2v) is 7.70. The van der Waals surface area contributed by atoms with Gasteiger partial charge in [0.05, 0.1) is 0 Å². The van der Waals surface area contributed by atoms with Crippen LogP contribution in [0.3, 0.4) is 0 Å². The van der Waals surface area contributed by atoms with Gasteiger partial charge in [0.25, 0.3) is 0 Å².